The smallest absolute Gasteiger partial charge is 0.326 e. The molecule has 1 saturated heterocycles. The average Bonchev–Trinajstić information content (AvgIpc) is 2.82. The molecule has 1 aliphatic heterocycles. The number of phenolic OH excluding ortho intramolecular Hbond substituents is 2. The second-order valence-electron chi connectivity index (χ2n) is 5.23. The summed E-state index contributed by atoms with van der Waals surface area (Å²) in [6.07, 6.45) is -0.152. The Bertz CT molecular complexity index is 630. The summed E-state index contributed by atoms with van der Waals surface area (Å²) in [6, 6.07) is 2.76. The molecule has 0 radical (unpaired) electrons. The highest BCUT2D eigenvalue weighted by Gasteiger charge is 2.39. The Kier molecular flexibility index (Phi) is 4.20. The number of primary amides is 1. The fourth-order valence-electron chi connectivity index (χ4n) is 2.47. The van der Waals surface area contributed by atoms with Gasteiger partial charge in [-0.1, -0.05) is 6.07 Å². The fraction of sp³-hybridized carbons (Fsp3) is 0.357. The van der Waals surface area contributed by atoms with Gasteiger partial charge in [-0.2, -0.15) is 0 Å². The molecule has 0 spiro atoms. The van der Waals surface area contributed by atoms with Crippen LogP contribution in [0.3, 0.4) is 0 Å². The Morgan fingerprint density at radius 3 is 2.50 bits per heavy atom. The monoisotopic (exact) mass is 308 g/mol. The van der Waals surface area contributed by atoms with Gasteiger partial charge in [-0.3, -0.25) is 9.59 Å². The van der Waals surface area contributed by atoms with Crippen LogP contribution < -0.4 is 5.73 Å². The Morgan fingerprint density at radius 1 is 1.32 bits per heavy atom. The minimum absolute atomic E-state index is 0.0325. The van der Waals surface area contributed by atoms with Crippen LogP contribution in [0, 0.1) is 5.92 Å². The van der Waals surface area contributed by atoms with Crippen LogP contribution in [0.5, 0.6) is 11.5 Å². The molecule has 2 amide bonds. The van der Waals surface area contributed by atoms with Crippen molar-refractivity contribution >= 4 is 17.8 Å². The number of benzene rings is 1. The predicted octanol–water partition coefficient (Wildman–Crippen LogP) is -0.573. The van der Waals surface area contributed by atoms with E-state index >= 15 is 0 Å². The van der Waals surface area contributed by atoms with Crippen molar-refractivity contribution in [3.63, 3.8) is 0 Å². The summed E-state index contributed by atoms with van der Waals surface area (Å²) in [5.41, 5.74) is 5.60. The average molecular weight is 308 g/mol. The number of rotatable bonds is 5. The lowest BCUT2D eigenvalue weighted by Crippen LogP contribution is -2.44. The number of carboxylic acids is 1. The molecule has 2 rings (SSSR count). The van der Waals surface area contributed by atoms with E-state index in [9.17, 15) is 29.7 Å². The lowest BCUT2D eigenvalue weighted by Gasteiger charge is -2.24. The van der Waals surface area contributed by atoms with E-state index in [1.165, 1.54) is 18.2 Å². The minimum Gasteiger partial charge on any atom is -0.504 e. The molecule has 5 N–H and O–H groups in total. The number of likely N-dealkylation sites (tertiary alicyclic amines) is 1. The SMILES string of the molecule is NC(=O)C1CC(=O)N(C(Cc2ccc(O)c(O)c2)C(=O)O)C1. The number of aromatic hydroxyl groups is 2. The van der Waals surface area contributed by atoms with Crippen LogP contribution in [0.4, 0.5) is 0 Å². The van der Waals surface area contributed by atoms with Crippen molar-refractivity contribution < 1.29 is 29.7 Å². The number of hydrogen-bond acceptors (Lipinski definition) is 5. The van der Waals surface area contributed by atoms with Crippen molar-refractivity contribution in [1.29, 1.82) is 0 Å². The van der Waals surface area contributed by atoms with Crippen LogP contribution in [0.15, 0.2) is 18.2 Å². The largest absolute Gasteiger partial charge is 0.504 e. The number of aliphatic carboxylic acids is 1. The Hall–Kier alpha value is -2.77. The first kappa shape index (κ1) is 15.6. The van der Waals surface area contributed by atoms with Gasteiger partial charge < -0.3 is 26.0 Å². The quantitative estimate of drug-likeness (QED) is 0.537. The lowest BCUT2D eigenvalue weighted by atomic mass is 10.0. The standard InChI is InChI=1S/C14H16N2O6/c15-13(20)8-5-12(19)16(6-8)9(14(21)22)3-7-1-2-10(17)11(18)4-7/h1-2,4,8-9,17-18H,3,5-6H2,(H2,15,20)(H,21,22). The Labute approximate surface area is 125 Å². The van der Waals surface area contributed by atoms with Gasteiger partial charge in [0.1, 0.15) is 6.04 Å². The molecular weight excluding hydrogens is 292 g/mol. The molecule has 118 valence electrons. The highest BCUT2D eigenvalue weighted by Crippen LogP contribution is 2.27. The van der Waals surface area contributed by atoms with Crippen molar-refractivity contribution in [1.82, 2.24) is 4.90 Å². The van der Waals surface area contributed by atoms with Gasteiger partial charge in [-0.05, 0) is 17.7 Å². The van der Waals surface area contributed by atoms with Crippen LogP contribution in [0.25, 0.3) is 0 Å². The van der Waals surface area contributed by atoms with Crippen molar-refractivity contribution in [2.75, 3.05) is 6.54 Å². The summed E-state index contributed by atoms with van der Waals surface area (Å²) in [7, 11) is 0. The first-order valence-corrected chi connectivity index (χ1v) is 6.62. The van der Waals surface area contributed by atoms with E-state index in [1.54, 1.807) is 0 Å². The first-order chi connectivity index (χ1) is 10.3. The predicted molar refractivity (Wildman–Crippen MR) is 73.9 cm³/mol. The highest BCUT2D eigenvalue weighted by atomic mass is 16.4. The number of carbonyl (C=O) groups excluding carboxylic acids is 2. The van der Waals surface area contributed by atoms with Gasteiger partial charge in [0.25, 0.3) is 0 Å². The van der Waals surface area contributed by atoms with Gasteiger partial charge in [0.15, 0.2) is 11.5 Å². The van der Waals surface area contributed by atoms with Crippen molar-refractivity contribution in [2.45, 2.75) is 18.9 Å². The normalized spacial score (nSPS) is 19.2. The van der Waals surface area contributed by atoms with Crippen molar-refractivity contribution in [3.05, 3.63) is 23.8 Å². The Morgan fingerprint density at radius 2 is 2.00 bits per heavy atom. The number of nitrogens with two attached hydrogens (primary N) is 1. The van der Waals surface area contributed by atoms with E-state index in [-0.39, 0.29) is 30.9 Å². The molecule has 1 heterocycles. The third-order valence-corrected chi connectivity index (χ3v) is 3.69. The van der Waals surface area contributed by atoms with Crippen LogP contribution in [0.2, 0.25) is 0 Å². The molecule has 1 aliphatic rings. The molecule has 2 unspecified atom stereocenters. The summed E-state index contributed by atoms with van der Waals surface area (Å²) in [6.45, 7) is -0.0325. The zero-order chi connectivity index (χ0) is 16.4. The lowest BCUT2D eigenvalue weighted by molar-refractivity contribution is -0.148. The topological polar surface area (TPSA) is 141 Å². The van der Waals surface area contributed by atoms with Crippen LogP contribution in [-0.2, 0) is 20.8 Å². The number of nitrogens with zero attached hydrogens (tertiary/aromatic N) is 1. The number of carbonyl (C=O) groups is 3. The molecule has 0 aromatic heterocycles. The van der Waals surface area contributed by atoms with Crippen LogP contribution in [-0.4, -0.2) is 50.6 Å². The summed E-state index contributed by atoms with van der Waals surface area (Å²) in [4.78, 5) is 35.6. The summed E-state index contributed by atoms with van der Waals surface area (Å²) >= 11 is 0. The Balaban J connectivity index is 2.20. The molecule has 8 nitrogen and oxygen atoms in total. The third kappa shape index (κ3) is 3.11. The summed E-state index contributed by atoms with van der Waals surface area (Å²) < 4.78 is 0. The van der Waals surface area contributed by atoms with E-state index in [0.717, 1.165) is 4.90 Å². The maximum absolute atomic E-state index is 11.9. The molecule has 1 fully saturated rings. The summed E-state index contributed by atoms with van der Waals surface area (Å²) in [5, 5.41) is 28.0. The number of amides is 2. The highest BCUT2D eigenvalue weighted by molar-refractivity contribution is 5.91. The van der Waals surface area contributed by atoms with Gasteiger partial charge >= 0.3 is 5.97 Å². The third-order valence-electron chi connectivity index (χ3n) is 3.69. The van der Waals surface area contributed by atoms with Gasteiger partial charge in [-0.25, -0.2) is 4.79 Å². The summed E-state index contributed by atoms with van der Waals surface area (Å²) in [5.74, 6) is -3.68. The van der Waals surface area contributed by atoms with Gasteiger partial charge in [-0.15, -0.1) is 0 Å². The van der Waals surface area contributed by atoms with Gasteiger partial charge in [0, 0.05) is 19.4 Å². The maximum atomic E-state index is 11.9. The molecule has 0 saturated carbocycles. The molecule has 22 heavy (non-hydrogen) atoms. The fourth-order valence-corrected chi connectivity index (χ4v) is 2.47. The van der Waals surface area contributed by atoms with E-state index in [4.69, 9.17) is 5.73 Å². The first-order valence-electron chi connectivity index (χ1n) is 6.62. The number of hydrogen-bond donors (Lipinski definition) is 4. The molecular formula is C14H16N2O6. The molecule has 1 aromatic rings. The van der Waals surface area contributed by atoms with Crippen LogP contribution >= 0.6 is 0 Å². The van der Waals surface area contributed by atoms with E-state index in [1.807, 2.05) is 0 Å². The molecule has 2 atom stereocenters. The van der Waals surface area contributed by atoms with E-state index in [0.29, 0.717) is 5.56 Å². The zero-order valence-corrected chi connectivity index (χ0v) is 11.6. The zero-order valence-electron chi connectivity index (χ0n) is 11.6. The van der Waals surface area contributed by atoms with Crippen molar-refractivity contribution in [2.24, 2.45) is 11.7 Å². The maximum Gasteiger partial charge on any atom is 0.326 e. The number of phenols is 2. The second kappa shape index (κ2) is 5.92. The van der Waals surface area contributed by atoms with Crippen LogP contribution in [0.1, 0.15) is 12.0 Å². The van der Waals surface area contributed by atoms with E-state index in [2.05, 4.69) is 0 Å². The minimum atomic E-state index is -1.22. The number of carboxylic acid groups (broad SMARTS) is 1. The van der Waals surface area contributed by atoms with Crippen molar-refractivity contribution in [3.8, 4) is 11.5 Å². The molecule has 0 aliphatic carbocycles. The van der Waals surface area contributed by atoms with Gasteiger partial charge in [0.2, 0.25) is 11.8 Å². The second-order valence-corrected chi connectivity index (χ2v) is 5.23. The molecule has 8 heteroatoms. The molecule has 0 bridgehead atoms. The van der Waals surface area contributed by atoms with Gasteiger partial charge in [0.05, 0.1) is 5.92 Å². The van der Waals surface area contributed by atoms with E-state index < -0.39 is 29.7 Å². The molecule has 1 aromatic carbocycles.